The molecule has 0 saturated carbocycles. The maximum atomic E-state index is 11.6. The Morgan fingerprint density at radius 1 is 1.44 bits per heavy atom. The summed E-state index contributed by atoms with van der Waals surface area (Å²) in [7, 11) is 1.61. The zero-order valence-corrected chi connectivity index (χ0v) is 11.3. The maximum Gasteiger partial charge on any atom is 0.250 e. The lowest BCUT2D eigenvalue weighted by molar-refractivity contribution is 0.171. The Morgan fingerprint density at radius 3 is 2.78 bits per heavy atom. The fraction of sp³-hybridized carbons (Fsp3) is 0.615. The molecule has 1 rings (SSSR count). The van der Waals surface area contributed by atoms with E-state index in [9.17, 15) is 9.90 Å². The summed E-state index contributed by atoms with van der Waals surface area (Å²) in [6.45, 7) is 5.75. The fourth-order valence-corrected chi connectivity index (χ4v) is 1.40. The van der Waals surface area contributed by atoms with E-state index in [1.165, 1.54) is 6.07 Å². The number of anilines is 1. The molecule has 5 nitrogen and oxygen atoms in total. The summed E-state index contributed by atoms with van der Waals surface area (Å²) >= 11 is 0. The second-order valence-electron chi connectivity index (χ2n) is 5.12. The smallest absolute Gasteiger partial charge is 0.250 e. The summed E-state index contributed by atoms with van der Waals surface area (Å²) in [6.07, 6.45) is 1.77. The molecule has 0 aliphatic rings. The van der Waals surface area contributed by atoms with Crippen molar-refractivity contribution in [2.75, 3.05) is 32.2 Å². The molecule has 0 aliphatic carbocycles. The Morgan fingerprint density at radius 2 is 2.17 bits per heavy atom. The number of nitrogens with zero attached hydrogens (tertiary/aromatic N) is 1. The molecule has 0 saturated heterocycles. The molecule has 1 aromatic heterocycles. The zero-order chi connectivity index (χ0) is 13.6. The number of rotatable bonds is 7. The van der Waals surface area contributed by atoms with E-state index in [0.29, 0.717) is 19.7 Å². The van der Waals surface area contributed by atoms with Gasteiger partial charge in [0.2, 0.25) is 0 Å². The van der Waals surface area contributed by atoms with Crippen molar-refractivity contribution >= 4 is 5.69 Å². The van der Waals surface area contributed by atoms with Gasteiger partial charge in [-0.25, -0.2) is 0 Å². The van der Waals surface area contributed by atoms with Gasteiger partial charge >= 0.3 is 0 Å². The van der Waals surface area contributed by atoms with Crippen molar-refractivity contribution in [3.63, 3.8) is 0 Å². The first-order valence-corrected chi connectivity index (χ1v) is 6.03. The van der Waals surface area contributed by atoms with E-state index < -0.39 is 0 Å². The molecule has 0 unspecified atom stereocenters. The molecular weight excluding hydrogens is 232 g/mol. The van der Waals surface area contributed by atoms with Gasteiger partial charge in [0, 0.05) is 44.5 Å². The molecule has 0 aromatic carbocycles. The molecule has 0 fully saturated rings. The van der Waals surface area contributed by atoms with Crippen molar-refractivity contribution in [3.8, 4) is 0 Å². The average Bonchev–Trinajstić information content (AvgIpc) is 2.36. The van der Waals surface area contributed by atoms with Gasteiger partial charge in [-0.05, 0) is 6.07 Å². The highest BCUT2D eigenvalue weighted by atomic mass is 16.5. The van der Waals surface area contributed by atoms with Crippen molar-refractivity contribution < 1.29 is 9.84 Å². The second kappa shape index (κ2) is 6.56. The number of methoxy groups -OCH3 is 1. The van der Waals surface area contributed by atoms with Crippen LogP contribution in [0.4, 0.5) is 5.69 Å². The number of aliphatic hydroxyl groups is 1. The molecule has 2 N–H and O–H groups in total. The summed E-state index contributed by atoms with van der Waals surface area (Å²) in [5, 5.41) is 12.4. The standard InChI is InChI=1S/C13H22N2O3/c1-13(2,10-16)9-14-11-4-5-12(17)15(8-11)6-7-18-3/h4-5,8,14,16H,6-7,9-10H2,1-3H3. The minimum absolute atomic E-state index is 0.0426. The molecule has 1 heterocycles. The lowest BCUT2D eigenvalue weighted by atomic mass is 9.95. The highest BCUT2D eigenvalue weighted by Crippen LogP contribution is 2.15. The van der Waals surface area contributed by atoms with Gasteiger partial charge < -0.3 is 19.7 Å². The van der Waals surface area contributed by atoms with Crippen LogP contribution in [0.15, 0.2) is 23.1 Å². The maximum absolute atomic E-state index is 11.6. The van der Waals surface area contributed by atoms with Crippen molar-refractivity contribution in [1.82, 2.24) is 4.57 Å². The van der Waals surface area contributed by atoms with Crippen LogP contribution in [0.3, 0.4) is 0 Å². The first-order chi connectivity index (χ1) is 8.48. The van der Waals surface area contributed by atoms with E-state index in [0.717, 1.165) is 5.69 Å². The molecule has 0 radical (unpaired) electrons. The highest BCUT2D eigenvalue weighted by molar-refractivity contribution is 5.40. The predicted molar refractivity (Wildman–Crippen MR) is 71.9 cm³/mol. The molecule has 0 atom stereocenters. The Kier molecular flexibility index (Phi) is 5.37. The van der Waals surface area contributed by atoms with E-state index >= 15 is 0 Å². The first kappa shape index (κ1) is 14.7. The van der Waals surface area contributed by atoms with Gasteiger partial charge in [0.15, 0.2) is 0 Å². The summed E-state index contributed by atoms with van der Waals surface area (Å²) in [5.74, 6) is 0. The summed E-state index contributed by atoms with van der Waals surface area (Å²) in [4.78, 5) is 11.6. The van der Waals surface area contributed by atoms with Crippen LogP contribution in [0.25, 0.3) is 0 Å². The molecule has 0 aliphatic heterocycles. The number of aromatic nitrogens is 1. The second-order valence-corrected chi connectivity index (χ2v) is 5.12. The number of aliphatic hydroxyl groups excluding tert-OH is 1. The van der Waals surface area contributed by atoms with Crippen LogP contribution in [0.1, 0.15) is 13.8 Å². The van der Waals surface area contributed by atoms with E-state index in [2.05, 4.69) is 5.32 Å². The molecule has 0 bridgehead atoms. The topological polar surface area (TPSA) is 63.5 Å². The van der Waals surface area contributed by atoms with Crippen LogP contribution < -0.4 is 10.9 Å². The van der Waals surface area contributed by atoms with E-state index in [1.54, 1.807) is 23.9 Å². The third-order valence-electron chi connectivity index (χ3n) is 2.72. The van der Waals surface area contributed by atoms with E-state index in [4.69, 9.17) is 4.74 Å². The van der Waals surface area contributed by atoms with Gasteiger partial charge in [-0.1, -0.05) is 13.8 Å². The zero-order valence-electron chi connectivity index (χ0n) is 11.3. The monoisotopic (exact) mass is 254 g/mol. The van der Waals surface area contributed by atoms with Gasteiger partial charge in [-0.2, -0.15) is 0 Å². The minimum Gasteiger partial charge on any atom is -0.396 e. The Hall–Kier alpha value is -1.33. The Balaban J connectivity index is 2.70. The molecule has 0 amide bonds. The lowest BCUT2D eigenvalue weighted by Gasteiger charge is -2.22. The molecule has 0 spiro atoms. The summed E-state index contributed by atoms with van der Waals surface area (Å²) < 4.78 is 6.57. The predicted octanol–water partition coefficient (Wildman–Crippen LogP) is 0.925. The molecular formula is C13H22N2O3. The number of pyridine rings is 1. The summed E-state index contributed by atoms with van der Waals surface area (Å²) in [5.41, 5.74) is 0.638. The van der Waals surface area contributed by atoms with E-state index in [-0.39, 0.29) is 17.6 Å². The lowest BCUT2D eigenvalue weighted by Crippen LogP contribution is -2.28. The largest absolute Gasteiger partial charge is 0.396 e. The number of nitrogens with one attached hydrogen (secondary N) is 1. The Bertz CT molecular complexity index is 426. The van der Waals surface area contributed by atoms with Crippen LogP contribution in [-0.2, 0) is 11.3 Å². The quantitative estimate of drug-likeness (QED) is 0.759. The van der Waals surface area contributed by atoms with Crippen molar-refractivity contribution in [3.05, 3.63) is 28.7 Å². The van der Waals surface area contributed by atoms with Gasteiger partial charge in [-0.3, -0.25) is 4.79 Å². The molecule has 102 valence electrons. The van der Waals surface area contributed by atoms with Crippen LogP contribution in [-0.4, -0.2) is 36.5 Å². The van der Waals surface area contributed by atoms with Gasteiger partial charge in [0.25, 0.3) is 5.56 Å². The fourth-order valence-electron chi connectivity index (χ4n) is 1.40. The Labute approximate surface area is 107 Å². The minimum atomic E-state index is -0.187. The van der Waals surface area contributed by atoms with Crippen molar-refractivity contribution in [1.29, 1.82) is 0 Å². The van der Waals surface area contributed by atoms with Gasteiger partial charge in [-0.15, -0.1) is 0 Å². The van der Waals surface area contributed by atoms with Gasteiger partial charge in [0.05, 0.1) is 12.3 Å². The molecule has 1 aromatic rings. The SMILES string of the molecule is COCCn1cc(NCC(C)(C)CO)ccc1=O. The van der Waals surface area contributed by atoms with Crippen LogP contribution in [0.5, 0.6) is 0 Å². The normalized spacial score (nSPS) is 11.6. The molecule has 18 heavy (non-hydrogen) atoms. The third-order valence-corrected chi connectivity index (χ3v) is 2.72. The van der Waals surface area contributed by atoms with Crippen LogP contribution in [0.2, 0.25) is 0 Å². The summed E-state index contributed by atoms with van der Waals surface area (Å²) in [6, 6.07) is 3.28. The van der Waals surface area contributed by atoms with Crippen molar-refractivity contribution in [2.45, 2.75) is 20.4 Å². The number of hydrogen-bond donors (Lipinski definition) is 2. The number of hydrogen-bond acceptors (Lipinski definition) is 4. The van der Waals surface area contributed by atoms with Gasteiger partial charge in [0.1, 0.15) is 0 Å². The average molecular weight is 254 g/mol. The molecule has 5 heteroatoms. The third kappa shape index (κ3) is 4.50. The van der Waals surface area contributed by atoms with Crippen LogP contribution in [0, 0.1) is 5.41 Å². The van der Waals surface area contributed by atoms with Crippen molar-refractivity contribution in [2.24, 2.45) is 5.41 Å². The van der Waals surface area contributed by atoms with Crippen LogP contribution >= 0.6 is 0 Å². The number of ether oxygens (including phenoxy) is 1. The first-order valence-electron chi connectivity index (χ1n) is 6.03. The van der Waals surface area contributed by atoms with E-state index in [1.807, 2.05) is 13.8 Å². The highest BCUT2D eigenvalue weighted by Gasteiger charge is 2.15.